The number of nitrogens with zero attached hydrogens (tertiary/aromatic N) is 1. The Labute approximate surface area is 208 Å². The Bertz CT molecular complexity index is 1210. The molecule has 10 heteroatoms. The number of alkyl halides is 3. The van der Waals surface area contributed by atoms with Crippen molar-refractivity contribution >= 4 is 33.9 Å². The van der Waals surface area contributed by atoms with Gasteiger partial charge in [-0.05, 0) is 43.2 Å². The zero-order valence-corrected chi connectivity index (χ0v) is 20.4. The quantitative estimate of drug-likeness (QED) is 0.450. The number of fused-ring (bicyclic) bond motifs is 3. The van der Waals surface area contributed by atoms with Gasteiger partial charge < -0.3 is 19.1 Å². The van der Waals surface area contributed by atoms with E-state index in [2.05, 4.69) is 15.9 Å². The lowest BCUT2D eigenvalue weighted by Crippen LogP contribution is -2.56. The van der Waals surface area contributed by atoms with Gasteiger partial charge in [0, 0.05) is 16.2 Å². The highest BCUT2D eigenvalue weighted by Crippen LogP contribution is 2.56. The molecule has 2 aromatic carbocycles. The zero-order valence-electron chi connectivity index (χ0n) is 18.8. The molecule has 0 saturated carbocycles. The maximum Gasteiger partial charge on any atom is 0.426 e. The first-order chi connectivity index (χ1) is 16.7. The molecule has 6 nitrogen and oxygen atoms in total. The standard InChI is InChI=1S/C25H21BrF3NO5/c1-3-33-22(31)19-20(23(32)34-4-2)30-14-13-15-7-5-6-8-18(15)21(30)35-24(19,25(27,28)29)16-9-11-17(26)12-10-16/h5-14,21H,3-4H2,1-2H3. The number of hydrogen-bond acceptors (Lipinski definition) is 6. The van der Waals surface area contributed by atoms with Gasteiger partial charge in [0.25, 0.3) is 0 Å². The summed E-state index contributed by atoms with van der Waals surface area (Å²) in [6.45, 7) is 2.65. The molecule has 2 aromatic rings. The lowest BCUT2D eigenvalue weighted by Gasteiger charge is -2.49. The first-order valence-corrected chi connectivity index (χ1v) is 11.6. The van der Waals surface area contributed by atoms with Crippen molar-refractivity contribution in [2.24, 2.45) is 0 Å². The number of ether oxygens (including phenoxy) is 3. The molecule has 0 saturated heterocycles. The average Bonchev–Trinajstić information content (AvgIpc) is 2.82. The van der Waals surface area contributed by atoms with E-state index in [4.69, 9.17) is 14.2 Å². The summed E-state index contributed by atoms with van der Waals surface area (Å²) in [7, 11) is 0. The smallest absolute Gasteiger partial charge is 0.426 e. The summed E-state index contributed by atoms with van der Waals surface area (Å²) < 4.78 is 62.3. The van der Waals surface area contributed by atoms with E-state index in [1.807, 2.05) is 0 Å². The Morgan fingerprint density at radius 3 is 2.29 bits per heavy atom. The van der Waals surface area contributed by atoms with Crippen molar-refractivity contribution < 1.29 is 37.0 Å². The zero-order chi connectivity index (χ0) is 25.4. The molecule has 0 bridgehead atoms. The molecular weight excluding hydrogens is 531 g/mol. The Hall–Kier alpha value is -3.11. The van der Waals surface area contributed by atoms with E-state index in [-0.39, 0.29) is 18.8 Å². The van der Waals surface area contributed by atoms with E-state index in [1.54, 1.807) is 30.3 Å². The van der Waals surface area contributed by atoms with Crippen LogP contribution in [0.15, 0.2) is 70.5 Å². The van der Waals surface area contributed by atoms with E-state index in [0.717, 1.165) is 0 Å². The SMILES string of the molecule is CCOC(=O)C1=C(C(=O)OCC)C(c2ccc(Br)cc2)(C(F)(F)F)OC2c3ccccc3C=CN12. The topological polar surface area (TPSA) is 65.1 Å². The summed E-state index contributed by atoms with van der Waals surface area (Å²) in [5, 5.41) is 0. The lowest BCUT2D eigenvalue weighted by molar-refractivity contribution is -0.303. The Morgan fingerprint density at radius 1 is 1.03 bits per heavy atom. The van der Waals surface area contributed by atoms with Crippen molar-refractivity contribution in [3.8, 4) is 0 Å². The van der Waals surface area contributed by atoms with Crippen LogP contribution in [0.1, 0.15) is 36.8 Å². The molecule has 0 aromatic heterocycles. The molecule has 35 heavy (non-hydrogen) atoms. The minimum Gasteiger partial charge on any atom is -0.462 e. The van der Waals surface area contributed by atoms with Crippen molar-refractivity contribution in [2.45, 2.75) is 31.9 Å². The third kappa shape index (κ3) is 4.14. The molecule has 0 fully saturated rings. The second-order valence-corrected chi connectivity index (χ2v) is 8.59. The van der Waals surface area contributed by atoms with Gasteiger partial charge in [-0.25, -0.2) is 9.59 Å². The van der Waals surface area contributed by atoms with Crippen LogP contribution in [0, 0.1) is 0 Å². The van der Waals surface area contributed by atoms with E-state index < -0.39 is 41.2 Å². The van der Waals surface area contributed by atoms with Crippen LogP contribution in [0.3, 0.4) is 0 Å². The maximum absolute atomic E-state index is 15.2. The second-order valence-electron chi connectivity index (χ2n) is 7.67. The van der Waals surface area contributed by atoms with E-state index in [0.29, 0.717) is 15.6 Å². The summed E-state index contributed by atoms with van der Waals surface area (Å²) in [5.41, 5.74) is -4.28. The summed E-state index contributed by atoms with van der Waals surface area (Å²) in [5.74, 6) is -2.43. The van der Waals surface area contributed by atoms with Crippen molar-refractivity contribution in [2.75, 3.05) is 13.2 Å². The maximum atomic E-state index is 15.2. The minimum atomic E-state index is -5.16. The normalized spacial score (nSPS) is 21.3. The van der Waals surface area contributed by atoms with Crippen LogP contribution in [0.4, 0.5) is 13.2 Å². The van der Waals surface area contributed by atoms with Gasteiger partial charge >= 0.3 is 18.1 Å². The first-order valence-electron chi connectivity index (χ1n) is 10.8. The van der Waals surface area contributed by atoms with Gasteiger partial charge in [-0.2, -0.15) is 13.2 Å². The molecule has 2 atom stereocenters. The van der Waals surface area contributed by atoms with Crippen LogP contribution < -0.4 is 0 Å². The fraction of sp³-hybridized carbons (Fsp3) is 0.280. The molecule has 4 rings (SSSR count). The number of rotatable bonds is 5. The molecule has 0 amide bonds. The van der Waals surface area contributed by atoms with Crippen LogP contribution in [0.2, 0.25) is 0 Å². The number of carbonyl (C=O) groups excluding carboxylic acids is 2. The van der Waals surface area contributed by atoms with Crippen LogP contribution in [0.25, 0.3) is 6.08 Å². The van der Waals surface area contributed by atoms with Crippen molar-refractivity contribution in [1.29, 1.82) is 0 Å². The van der Waals surface area contributed by atoms with Crippen LogP contribution in [0.5, 0.6) is 0 Å². The largest absolute Gasteiger partial charge is 0.462 e. The fourth-order valence-corrected chi connectivity index (χ4v) is 4.49. The van der Waals surface area contributed by atoms with E-state index in [9.17, 15) is 9.59 Å². The highest BCUT2D eigenvalue weighted by Gasteiger charge is 2.67. The number of benzene rings is 2. The van der Waals surface area contributed by atoms with E-state index in [1.165, 1.54) is 49.2 Å². The third-order valence-corrected chi connectivity index (χ3v) is 6.19. The molecule has 0 spiro atoms. The molecule has 0 radical (unpaired) electrons. The van der Waals surface area contributed by atoms with Crippen LogP contribution in [-0.2, 0) is 29.4 Å². The number of esters is 2. The fourth-order valence-electron chi connectivity index (χ4n) is 4.23. The third-order valence-electron chi connectivity index (χ3n) is 5.66. The second kappa shape index (κ2) is 9.50. The summed E-state index contributed by atoms with van der Waals surface area (Å²) in [6.07, 6.45) is -3.51. The Morgan fingerprint density at radius 2 is 1.66 bits per heavy atom. The summed E-state index contributed by atoms with van der Waals surface area (Å²) >= 11 is 3.22. The lowest BCUT2D eigenvalue weighted by atomic mass is 9.81. The molecule has 2 heterocycles. The van der Waals surface area contributed by atoms with Gasteiger partial charge in [0.05, 0.1) is 13.2 Å². The predicted octanol–water partition coefficient (Wildman–Crippen LogP) is 5.60. The molecule has 184 valence electrons. The van der Waals surface area contributed by atoms with Gasteiger partial charge in [-0.15, -0.1) is 0 Å². The summed E-state index contributed by atoms with van der Waals surface area (Å²) in [6, 6.07) is 11.9. The highest BCUT2D eigenvalue weighted by molar-refractivity contribution is 9.10. The van der Waals surface area contributed by atoms with Crippen LogP contribution in [-0.4, -0.2) is 36.2 Å². The number of halogens is 4. The van der Waals surface area contributed by atoms with E-state index >= 15 is 13.2 Å². The predicted molar refractivity (Wildman–Crippen MR) is 123 cm³/mol. The Kier molecular flexibility index (Phi) is 6.79. The average molecular weight is 552 g/mol. The van der Waals surface area contributed by atoms with Gasteiger partial charge in [-0.1, -0.05) is 52.3 Å². The van der Waals surface area contributed by atoms with Gasteiger partial charge in [0.15, 0.2) is 6.23 Å². The van der Waals surface area contributed by atoms with Crippen LogP contribution >= 0.6 is 15.9 Å². The van der Waals surface area contributed by atoms with Gasteiger partial charge in [0.2, 0.25) is 5.60 Å². The molecule has 2 unspecified atom stereocenters. The number of carbonyl (C=O) groups is 2. The van der Waals surface area contributed by atoms with Crippen molar-refractivity contribution in [3.05, 3.63) is 87.2 Å². The Balaban J connectivity index is 2.12. The van der Waals surface area contributed by atoms with Crippen molar-refractivity contribution in [1.82, 2.24) is 4.90 Å². The van der Waals surface area contributed by atoms with Gasteiger partial charge in [-0.3, -0.25) is 0 Å². The summed E-state index contributed by atoms with van der Waals surface area (Å²) in [4.78, 5) is 27.6. The highest BCUT2D eigenvalue weighted by atomic mass is 79.9. The van der Waals surface area contributed by atoms with Crippen molar-refractivity contribution in [3.63, 3.8) is 0 Å². The minimum absolute atomic E-state index is 0.116. The first kappa shape index (κ1) is 25.0. The number of hydrogen-bond donors (Lipinski definition) is 0. The van der Waals surface area contributed by atoms with Gasteiger partial charge in [0.1, 0.15) is 11.3 Å². The monoisotopic (exact) mass is 551 g/mol. The molecular formula is C25H21BrF3NO5. The molecule has 0 aliphatic carbocycles. The molecule has 2 aliphatic rings. The molecule has 0 N–H and O–H groups in total. The molecule has 2 aliphatic heterocycles.